The minimum absolute atomic E-state index is 0.0352. The van der Waals surface area contributed by atoms with Crippen LogP contribution in [0.5, 0.6) is 5.75 Å². The summed E-state index contributed by atoms with van der Waals surface area (Å²) in [6, 6.07) is 7.01. The molecule has 0 aliphatic carbocycles. The SMILES string of the molecule is COc1ccc(C)cc1NC(=O)CNC(=O)CS[C@@H](C)C(=O)Nc1cc(C)on1. The monoisotopic (exact) mass is 420 g/mol. The first kappa shape index (κ1) is 22.3. The molecule has 1 aromatic carbocycles. The number of nitrogens with zero attached hydrogens (tertiary/aromatic N) is 1. The van der Waals surface area contributed by atoms with Gasteiger partial charge in [0.2, 0.25) is 17.7 Å². The van der Waals surface area contributed by atoms with Gasteiger partial charge in [-0.05, 0) is 38.5 Å². The van der Waals surface area contributed by atoms with Crippen LogP contribution in [0.15, 0.2) is 28.8 Å². The van der Waals surface area contributed by atoms with Crippen LogP contribution in [0.2, 0.25) is 0 Å². The third-order valence-electron chi connectivity index (χ3n) is 3.79. The van der Waals surface area contributed by atoms with Crippen molar-refractivity contribution in [2.75, 3.05) is 30.0 Å². The number of hydrogen-bond donors (Lipinski definition) is 3. The van der Waals surface area contributed by atoms with Crippen molar-refractivity contribution in [1.82, 2.24) is 10.5 Å². The highest BCUT2D eigenvalue weighted by atomic mass is 32.2. The Morgan fingerprint density at radius 1 is 1.17 bits per heavy atom. The second-order valence-corrected chi connectivity index (χ2v) is 7.62. The molecule has 2 rings (SSSR count). The fourth-order valence-electron chi connectivity index (χ4n) is 2.27. The summed E-state index contributed by atoms with van der Waals surface area (Å²) in [4.78, 5) is 36.1. The quantitative estimate of drug-likeness (QED) is 0.568. The van der Waals surface area contributed by atoms with Gasteiger partial charge in [0.15, 0.2) is 5.82 Å². The van der Waals surface area contributed by atoms with Crippen LogP contribution in [0.3, 0.4) is 0 Å². The van der Waals surface area contributed by atoms with Crippen LogP contribution >= 0.6 is 11.8 Å². The van der Waals surface area contributed by atoms with Crippen LogP contribution in [-0.2, 0) is 14.4 Å². The van der Waals surface area contributed by atoms with E-state index in [4.69, 9.17) is 9.26 Å². The lowest BCUT2D eigenvalue weighted by atomic mass is 10.2. The van der Waals surface area contributed by atoms with E-state index in [1.807, 2.05) is 13.0 Å². The molecule has 0 bridgehead atoms. The van der Waals surface area contributed by atoms with Gasteiger partial charge in [-0.3, -0.25) is 14.4 Å². The van der Waals surface area contributed by atoms with E-state index in [-0.39, 0.29) is 30.0 Å². The fraction of sp³-hybridized carbons (Fsp3) is 0.368. The molecule has 0 spiro atoms. The lowest BCUT2D eigenvalue weighted by molar-refractivity contribution is -0.122. The Balaban J connectivity index is 1.73. The molecule has 2 aromatic rings. The van der Waals surface area contributed by atoms with Crippen molar-refractivity contribution in [3.63, 3.8) is 0 Å². The van der Waals surface area contributed by atoms with Crippen LogP contribution in [0.1, 0.15) is 18.2 Å². The summed E-state index contributed by atoms with van der Waals surface area (Å²) >= 11 is 1.15. The molecule has 0 aliphatic rings. The third kappa shape index (κ3) is 7.15. The summed E-state index contributed by atoms with van der Waals surface area (Å²) in [5.74, 6) is 0.466. The number of rotatable bonds is 9. The molecule has 1 aromatic heterocycles. The zero-order valence-corrected chi connectivity index (χ0v) is 17.5. The van der Waals surface area contributed by atoms with Gasteiger partial charge >= 0.3 is 0 Å². The van der Waals surface area contributed by atoms with Crippen LogP contribution in [0.25, 0.3) is 0 Å². The first-order valence-electron chi connectivity index (χ1n) is 8.85. The van der Waals surface area contributed by atoms with E-state index in [9.17, 15) is 14.4 Å². The average molecular weight is 420 g/mol. The van der Waals surface area contributed by atoms with Gasteiger partial charge in [0, 0.05) is 6.07 Å². The number of aromatic nitrogens is 1. The number of carbonyl (C=O) groups excluding carboxylic acids is 3. The van der Waals surface area contributed by atoms with Crippen molar-refractivity contribution in [2.24, 2.45) is 0 Å². The number of thioether (sulfide) groups is 1. The van der Waals surface area contributed by atoms with Crippen LogP contribution < -0.4 is 20.7 Å². The normalized spacial score (nSPS) is 11.4. The zero-order valence-electron chi connectivity index (χ0n) is 16.7. The predicted octanol–water partition coefficient (Wildman–Crippen LogP) is 2.12. The Morgan fingerprint density at radius 2 is 1.93 bits per heavy atom. The summed E-state index contributed by atoms with van der Waals surface area (Å²) in [6.07, 6.45) is 0. The van der Waals surface area contributed by atoms with Gasteiger partial charge in [-0.15, -0.1) is 11.8 Å². The van der Waals surface area contributed by atoms with Crippen molar-refractivity contribution in [3.05, 3.63) is 35.6 Å². The summed E-state index contributed by atoms with van der Waals surface area (Å²) < 4.78 is 10.1. The zero-order chi connectivity index (χ0) is 21.4. The van der Waals surface area contributed by atoms with Gasteiger partial charge in [0.25, 0.3) is 0 Å². The molecule has 10 heteroatoms. The third-order valence-corrected chi connectivity index (χ3v) is 4.93. The molecule has 0 aliphatic heterocycles. The number of ether oxygens (including phenoxy) is 1. The Hall–Kier alpha value is -3.01. The first-order chi connectivity index (χ1) is 13.8. The molecule has 1 heterocycles. The maximum absolute atomic E-state index is 12.1. The highest BCUT2D eigenvalue weighted by Crippen LogP contribution is 2.24. The molecule has 156 valence electrons. The molecule has 3 amide bonds. The number of amides is 3. The van der Waals surface area contributed by atoms with Crippen molar-refractivity contribution in [3.8, 4) is 5.75 Å². The predicted molar refractivity (Wildman–Crippen MR) is 111 cm³/mol. The van der Waals surface area contributed by atoms with Gasteiger partial charge < -0.3 is 25.2 Å². The van der Waals surface area contributed by atoms with E-state index >= 15 is 0 Å². The van der Waals surface area contributed by atoms with Gasteiger partial charge in [-0.25, -0.2) is 0 Å². The Bertz CT molecular complexity index is 883. The van der Waals surface area contributed by atoms with Gasteiger partial charge in [-0.2, -0.15) is 0 Å². The van der Waals surface area contributed by atoms with Crippen molar-refractivity contribution >= 4 is 41.0 Å². The molecule has 1 atom stereocenters. The van der Waals surface area contributed by atoms with E-state index in [1.54, 1.807) is 32.0 Å². The number of anilines is 2. The summed E-state index contributed by atoms with van der Waals surface area (Å²) in [5.41, 5.74) is 1.50. The molecular formula is C19H24N4O5S. The van der Waals surface area contributed by atoms with Gasteiger partial charge in [0.05, 0.1) is 30.3 Å². The molecule has 0 saturated carbocycles. The topological polar surface area (TPSA) is 123 Å². The second-order valence-electron chi connectivity index (χ2n) is 6.29. The standard InChI is InChI=1S/C19H24N4O5S/c1-11-5-6-15(27-4)14(7-11)21-17(24)9-20-18(25)10-29-13(3)19(26)22-16-8-12(2)28-23-16/h5-8,13H,9-10H2,1-4H3,(H,20,25)(H,21,24)(H,22,23,26)/t13-/m0/s1. The maximum atomic E-state index is 12.1. The minimum Gasteiger partial charge on any atom is -0.495 e. The molecular weight excluding hydrogens is 396 g/mol. The largest absolute Gasteiger partial charge is 0.495 e. The van der Waals surface area contributed by atoms with Crippen molar-refractivity contribution in [1.29, 1.82) is 0 Å². The van der Waals surface area contributed by atoms with Crippen LogP contribution in [0, 0.1) is 13.8 Å². The Labute approximate surface area is 172 Å². The number of hydrogen-bond acceptors (Lipinski definition) is 7. The summed E-state index contributed by atoms with van der Waals surface area (Å²) in [5, 5.41) is 11.0. The fourth-order valence-corrected chi connectivity index (χ4v) is 2.99. The number of benzene rings is 1. The second kappa shape index (κ2) is 10.5. The molecule has 0 unspecified atom stereocenters. The summed E-state index contributed by atoms with van der Waals surface area (Å²) in [6.45, 7) is 5.11. The smallest absolute Gasteiger partial charge is 0.243 e. The van der Waals surface area contributed by atoms with E-state index in [1.165, 1.54) is 7.11 Å². The van der Waals surface area contributed by atoms with Crippen LogP contribution in [-0.4, -0.2) is 47.5 Å². The van der Waals surface area contributed by atoms with E-state index in [2.05, 4.69) is 21.1 Å². The highest BCUT2D eigenvalue weighted by Gasteiger charge is 2.17. The number of carbonyl (C=O) groups is 3. The molecule has 0 fully saturated rings. The molecule has 9 nitrogen and oxygen atoms in total. The molecule has 29 heavy (non-hydrogen) atoms. The summed E-state index contributed by atoms with van der Waals surface area (Å²) in [7, 11) is 1.51. The van der Waals surface area contributed by atoms with Crippen molar-refractivity contribution in [2.45, 2.75) is 26.0 Å². The number of aryl methyl sites for hydroxylation is 2. The van der Waals surface area contributed by atoms with Gasteiger partial charge in [0.1, 0.15) is 11.5 Å². The lowest BCUT2D eigenvalue weighted by Gasteiger charge is -2.12. The number of methoxy groups -OCH3 is 1. The Kier molecular flexibility index (Phi) is 8.08. The Morgan fingerprint density at radius 3 is 2.59 bits per heavy atom. The number of nitrogens with one attached hydrogen (secondary N) is 3. The first-order valence-corrected chi connectivity index (χ1v) is 9.90. The van der Waals surface area contributed by atoms with E-state index in [0.717, 1.165) is 17.3 Å². The molecule has 0 radical (unpaired) electrons. The highest BCUT2D eigenvalue weighted by molar-refractivity contribution is 8.01. The van der Waals surface area contributed by atoms with E-state index < -0.39 is 5.25 Å². The van der Waals surface area contributed by atoms with Gasteiger partial charge in [-0.1, -0.05) is 11.2 Å². The molecule has 0 saturated heterocycles. The molecule has 3 N–H and O–H groups in total. The minimum atomic E-state index is -0.483. The van der Waals surface area contributed by atoms with E-state index in [0.29, 0.717) is 23.0 Å². The lowest BCUT2D eigenvalue weighted by Crippen LogP contribution is -2.34. The average Bonchev–Trinajstić information content (AvgIpc) is 3.09. The van der Waals surface area contributed by atoms with Crippen LogP contribution in [0.4, 0.5) is 11.5 Å². The maximum Gasteiger partial charge on any atom is 0.243 e. The van der Waals surface area contributed by atoms with Crippen molar-refractivity contribution < 1.29 is 23.6 Å².